The number of hydrogen-bond acceptors (Lipinski definition) is 3. The van der Waals surface area contributed by atoms with E-state index in [1.54, 1.807) is 0 Å². The minimum Gasteiger partial charge on any atom is -0.343 e. The number of carbonyl (C=O) groups is 3. The highest BCUT2D eigenvalue weighted by Crippen LogP contribution is 2.28. The summed E-state index contributed by atoms with van der Waals surface area (Å²) in [4.78, 5) is 34.2. The SMILES string of the molecule is O=C(CNC(=O)c1ccc(F)cc1)NNC(=O)C1CC1. The van der Waals surface area contributed by atoms with Crippen LogP contribution in [0.5, 0.6) is 0 Å². The molecule has 0 unspecified atom stereocenters. The fourth-order valence-electron chi connectivity index (χ4n) is 1.49. The molecule has 0 saturated heterocycles. The molecule has 1 aliphatic carbocycles. The lowest BCUT2D eigenvalue weighted by Gasteiger charge is -2.08. The van der Waals surface area contributed by atoms with E-state index in [1.165, 1.54) is 12.1 Å². The van der Waals surface area contributed by atoms with E-state index in [9.17, 15) is 18.8 Å². The van der Waals surface area contributed by atoms with Crippen LogP contribution >= 0.6 is 0 Å². The van der Waals surface area contributed by atoms with E-state index in [0.717, 1.165) is 25.0 Å². The molecule has 1 saturated carbocycles. The molecule has 7 heteroatoms. The quantitative estimate of drug-likeness (QED) is 0.684. The van der Waals surface area contributed by atoms with E-state index in [4.69, 9.17) is 0 Å². The Balaban J connectivity index is 1.70. The van der Waals surface area contributed by atoms with Crippen molar-refractivity contribution in [2.75, 3.05) is 6.54 Å². The van der Waals surface area contributed by atoms with Gasteiger partial charge in [-0.15, -0.1) is 0 Å². The van der Waals surface area contributed by atoms with E-state index >= 15 is 0 Å². The summed E-state index contributed by atoms with van der Waals surface area (Å²) in [5, 5.41) is 2.36. The van der Waals surface area contributed by atoms with Gasteiger partial charge in [0.1, 0.15) is 5.82 Å². The molecule has 20 heavy (non-hydrogen) atoms. The van der Waals surface area contributed by atoms with Gasteiger partial charge in [-0.1, -0.05) is 0 Å². The van der Waals surface area contributed by atoms with Crippen molar-refractivity contribution in [1.82, 2.24) is 16.2 Å². The van der Waals surface area contributed by atoms with Crippen LogP contribution < -0.4 is 16.2 Å². The summed E-state index contributed by atoms with van der Waals surface area (Å²) in [5.41, 5.74) is 4.73. The highest BCUT2D eigenvalue weighted by Gasteiger charge is 2.29. The van der Waals surface area contributed by atoms with Gasteiger partial charge in [0.2, 0.25) is 5.91 Å². The summed E-state index contributed by atoms with van der Waals surface area (Å²) in [5.74, 6) is -1.70. The molecule has 1 fully saturated rings. The predicted octanol–water partition coefficient (Wildman–Crippen LogP) is 0.113. The van der Waals surface area contributed by atoms with Crippen LogP contribution in [-0.2, 0) is 9.59 Å². The summed E-state index contributed by atoms with van der Waals surface area (Å²) in [6.07, 6.45) is 1.67. The van der Waals surface area contributed by atoms with Gasteiger partial charge in [0.05, 0.1) is 6.54 Å². The predicted molar refractivity (Wildman–Crippen MR) is 67.7 cm³/mol. The fourth-order valence-corrected chi connectivity index (χ4v) is 1.49. The van der Waals surface area contributed by atoms with Gasteiger partial charge in [-0.25, -0.2) is 4.39 Å². The number of carbonyl (C=O) groups excluding carboxylic acids is 3. The number of hydrazine groups is 1. The van der Waals surface area contributed by atoms with E-state index in [2.05, 4.69) is 16.2 Å². The van der Waals surface area contributed by atoms with Gasteiger partial charge in [-0.2, -0.15) is 0 Å². The number of hydrogen-bond donors (Lipinski definition) is 3. The zero-order chi connectivity index (χ0) is 14.5. The van der Waals surface area contributed by atoms with Crippen molar-refractivity contribution < 1.29 is 18.8 Å². The maximum Gasteiger partial charge on any atom is 0.257 e. The molecule has 3 amide bonds. The molecule has 1 aromatic carbocycles. The second kappa shape index (κ2) is 6.14. The molecular weight excluding hydrogens is 265 g/mol. The lowest BCUT2D eigenvalue weighted by Crippen LogP contribution is -2.46. The second-order valence-electron chi connectivity index (χ2n) is 4.50. The summed E-state index contributed by atoms with van der Waals surface area (Å²) < 4.78 is 12.7. The Bertz CT molecular complexity index is 526. The molecule has 106 valence electrons. The van der Waals surface area contributed by atoms with Crippen LogP contribution in [0.3, 0.4) is 0 Å². The van der Waals surface area contributed by atoms with Crippen LogP contribution in [0, 0.1) is 11.7 Å². The molecular formula is C13H14FN3O3. The third kappa shape index (κ3) is 4.04. The Labute approximate surface area is 114 Å². The van der Waals surface area contributed by atoms with Crippen LogP contribution in [0.25, 0.3) is 0 Å². The summed E-state index contributed by atoms with van der Waals surface area (Å²) in [6.45, 7) is -0.277. The topological polar surface area (TPSA) is 87.3 Å². The first kappa shape index (κ1) is 14.0. The molecule has 6 nitrogen and oxygen atoms in total. The van der Waals surface area contributed by atoms with Crippen LogP contribution in [0.15, 0.2) is 24.3 Å². The van der Waals surface area contributed by atoms with E-state index in [0.29, 0.717) is 0 Å². The van der Waals surface area contributed by atoms with Crippen molar-refractivity contribution in [1.29, 1.82) is 0 Å². The molecule has 0 spiro atoms. The molecule has 1 aromatic rings. The first-order chi connectivity index (χ1) is 9.56. The number of amides is 3. The largest absolute Gasteiger partial charge is 0.343 e. The number of nitrogens with one attached hydrogen (secondary N) is 3. The van der Waals surface area contributed by atoms with Crippen molar-refractivity contribution in [3.8, 4) is 0 Å². The highest BCUT2D eigenvalue weighted by molar-refractivity contribution is 5.96. The lowest BCUT2D eigenvalue weighted by molar-refractivity contribution is -0.129. The van der Waals surface area contributed by atoms with Gasteiger partial charge >= 0.3 is 0 Å². The standard InChI is InChI=1S/C13H14FN3O3/c14-10-5-3-8(4-6-10)12(19)15-7-11(18)16-17-13(20)9-1-2-9/h3-6,9H,1-2,7H2,(H,15,19)(H,16,18)(H,17,20). The van der Waals surface area contributed by atoms with Gasteiger partial charge in [0, 0.05) is 11.5 Å². The Morgan fingerprint density at radius 2 is 1.75 bits per heavy atom. The third-order valence-corrected chi connectivity index (χ3v) is 2.79. The van der Waals surface area contributed by atoms with Crippen molar-refractivity contribution in [2.24, 2.45) is 5.92 Å². The Hall–Kier alpha value is -2.44. The minimum atomic E-state index is -0.533. The smallest absolute Gasteiger partial charge is 0.257 e. The lowest BCUT2D eigenvalue weighted by atomic mass is 10.2. The van der Waals surface area contributed by atoms with Crippen LogP contribution in [-0.4, -0.2) is 24.3 Å². The Morgan fingerprint density at radius 1 is 1.10 bits per heavy atom. The normalized spacial score (nSPS) is 13.4. The van der Waals surface area contributed by atoms with E-state index in [1.807, 2.05) is 0 Å². The van der Waals surface area contributed by atoms with Crippen LogP contribution in [0.1, 0.15) is 23.2 Å². The van der Waals surface area contributed by atoms with E-state index in [-0.39, 0.29) is 23.9 Å². The molecule has 1 aliphatic rings. The van der Waals surface area contributed by atoms with Crippen LogP contribution in [0.2, 0.25) is 0 Å². The molecule has 0 aromatic heterocycles. The Morgan fingerprint density at radius 3 is 2.35 bits per heavy atom. The molecule has 3 N–H and O–H groups in total. The van der Waals surface area contributed by atoms with Crippen molar-refractivity contribution in [3.63, 3.8) is 0 Å². The van der Waals surface area contributed by atoms with Gasteiger partial charge in [0.15, 0.2) is 0 Å². The molecule has 0 heterocycles. The second-order valence-corrected chi connectivity index (χ2v) is 4.50. The average Bonchev–Trinajstić information content (AvgIpc) is 3.27. The molecule has 0 radical (unpaired) electrons. The van der Waals surface area contributed by atoms with Gasteiger partial charge in [0.25, 0.3) is 11.8 Å². The highest BCUT2D eigenvalue weighted by atomic mass is 19.1. The molecule has 0 atom stereocenters. The number of benzene rings is 1. The van der Waals surface area contributed by atoms with Crippen LogP contribution in [0.4, 0.5) is 4.39 Å². The first-order valence-electron chi connectivity index (χ1n) is 6.19. The van der Waals surface area contributed by atoms with Crippen molar-refractivity contribution in [2.45, 2.75) is 12.8 Å². The maximum atomic E-state index is 12.7. The summed E-state index contributed by atoms with van der Waals surface area (Å²) in [6, 6.07) is 4.95. The third-order valence-electron chi connectivity index (χ3n) is 2.79. The number of halogens is 1. The number of rotatable bonds is 4. The molecule has 0 aliphatic heterocycles. The molecule has 2 rings (SSSR count). The Kier molecular flexibility index (Phi) is 4.29. The fraction of sp³-hybridized carbons (Fsp3) is 0.308. The summed E-state index contributed by atoms with van der Waals surface area (Å²) >= 11 is 0. The zero-order valence-electron chi connectivity index (χ0n) is 10.6. The minimum absolute atomic E-state index is 0.0101. The average molecular weight is 279 g/mol. The maximum absolute atomic E-state index is 12.7. The zero-order valence-corrected chi connectivity index (χ0v) is 10.6. The molecule has 0 bridgehead atoms. The summed E-state index contributed by atoms with van der Waals surface area (Å²) in [7, 11) is 0. The van der Waals surface area contributed by atoms with Crippen molar-refractivity contribution in [3.05, 3.63) is 35.6 Å². The monoisotopic (exact) mass is 279 g/mol. The van der Waals surface area contributed by atoms with Crippen molar-refractivity contribution >= 4 is 17.7 Å². The van der Waals surface area contributed by atoms with E-state index < -0.39 is 17.6 Å². The first-order valence-corrected chi connectivity index (χ1v) is 6.19. The van der Waals surface area contributed by atoms with Gasteiger partial charge in [-0.05, 0) is 37.1 Å². The van der Waals surface area contributed by atoms with Gasteiger partial charge in [-0.3, -0.25) is 25.2 Å². The van der Waals surface area contributed by atoms with Gasteiger partial charge < -0.3 is 5.32 Å².